The summed E-state index contributed by atoms with van der Waals surface area (Å²) in [6.07, 6.45) is -0.413. The maximum Gasteiger partial charge on any atom is 0.408 e. The van der Waals surface area contributed by atoms with E-state index in [-0.39, 0.29) is 16.2 Å². The fraction of sp³-hybridized carbons (Fsp3) is 0.619. The maximum atomic E-state index is 13.0. The van der Waals surface area contributed by atoms with Crippen LogP contribution in [0.3, 0.4) is 0 Å². The van der Waals surface area contributed by atoms with Gasteiger partial charge in [-0.3, -0.25) is 4.79 Å². The molecule has 0 heterocycles. The molecule has 164 valence electrons. The van der Waals surface area contributed by atoms with Crippen LogP contribution in [0.25, 0.3) is 0 Å². The smallest absolute Gasteiger partial charge is 0.408 e. The predicted molar refractivity (Wildman–Crippen MR) is 116 cm³/mol. The molecule has 1 aromatic carbocycles. The van der Waals surface area contributed by atoms with E-state index in [4.69, 9.17) is 9.88 Å². The Kier molecular flexibility index (Phi) is 8.01. The van der Waals surface area contributed by atoms with Crippen LogP contribution in [0.2, 0.25) is 0 Å². The zero-order valence-electron chi connectivity index (χ0n) is 18.7. The molecule has 0 aliphatic rings. The lowest BCUT2D eigenvalue weighted by atomic mass is 9.87. The summed E-state index contributed by atoms with van der Waals surface area (Å²) in [7, 11) is -3.46. The van der Waals surface area contributed by atoms with Gasteiger partial charge in [0.25, 0.3) is 5.91 Å². The summed E-state index contributed by atoms with van der Waals surface area (Å²) < 4.78 is 22.1. The quantitative estimate of drug-likeness (QED) is 0.738. The number of nitrogens with zero attached hydrogens (tertiary/aromatic N) is 1. The van der Waals surface area contributed by atoms with E-state index in [0.717, 1.165) is 5.56 Å². The highest BCUT2D eigenvalue weighted by Crippen LogP contribution is 2.24. The van der Waals surface area contributed by atoms with Crippen molar-refractivity contribution in [2.24, 2.45) is 15.4 Å². The van der Waals surface area contributed by atoms with Crippen molar-refractivity contribution in [1.82, 2.24) is 5.32 Å². The number of benzene rings is 1. The molecule has 8 heteroatoms. The number of alkyl carbamates (subject to hydrolysis) is 1. The molecule has 0 aliphatic heterocycles. The lowest BCUT2D eigenvalue weighted by molar-refractivity contribution is -0.120. The summed E-state index contributed by atoms with van der Waals surface area (Å²) >= 11 is 0. The van der Waals surface area contributed by atoms with Crippen LogP contribution in [0.4, 0.5) is 4.79 Å². The molecule has 2 atom stereocenters. The number of hydrogen-bond acceptors (Lipinski definition) is 4. The lowest BCUT2D eigenvalue weighted by Crippen LogP contribution is -2.44. The first-order chi connectivity index (χ1) is 13.0. The third-order valence-corrected chi connectivity index (χ3v) is 5.34. The minimum Gasteiger partial charge on any atom is -0.444 e. The molecule has 2 amide bonds. The van der Waals surface area contributed by atoms with E-state index in [0.29, 0.717) is 6.42 Å². The molecular weight excluding hydrogens is 390 g/mol. The number of hydrogen-bond donors (Lipinski definition) is 2. The molecule has 0 fully saturated rings. The Morgan fingerprint density at radius 3 is 2.24 bits per heavy atom. The largest absolute Gasteiger partial charge is 0.444 e. The third-order valence-electron chi connectivity index (χ3n) is 3.96. The van der Waals surface area contributed by atoms with Gasteiger partial charge in [0.2, 0.25) is 0 Å². The van der Waals surface area contributed by atoms with E-state index in [1.807, 2.05) is 40.7 Å². The topological polar surface area (TPSA) is 111 Å². The van der Waals surface area contributed by atoms with Crippen molar-refractivity contribution in [3.8, 4) is 0 Å². The van der Waals surface area contributed by atoms with E-state index in [2.05, 4.69) is 9.68 Å². The molecule has 1 rings (SSSR count). The van der Waals surface area contributed by atoms with Crippen LogP contribution in [-0.4, -0.2) is 27.9 Å². The van der Waals surface area contributed by atoms with Gasteiger partial charge in [0.1, 0.15) is 21.6 Å². The zero-order valence-corrected chi connectivity index (χ0v) is 19.6. The molecule has 7 nitrogen and oxygen atoms in total. The van der Waals surface area contributed by atoms with Gasteiger partial charge in [-0.05, 0) is 56.2 Å². The molecule has 1 unspecified atom stereocenters. The Morgan fingerprint density at radius 1 is 1.17 bits per heavy atom. The molecule has 1 aromatic rings. The number of carbonyl (C=O) groups is 2. The first-order valence-corrected chi connectivity index (χ1v) is 11.3. The molecule has 0 aliphatic carbocycles. The van der Waals surface area contributed by atoms with Gasteiger partial charge in [-0.1, -0.05) is 46.8 Å². The van der Waals surface area contributed by atoms with Gasteiger partial charge in [-0.25, -0.2) is 14.1 Å². The summed E-state index contributed by atoms with van der Waals surface area (Å²) in [5.41, 5.74) is 0.0524. The van der Waals surface area contributed by atoms with Crippen LogP contribution in [0, 0.1) is 5.92 Å². The van der Waals surface area contributed by atoms with Crippen molar-refractivity contribution >= 4 is 21.9 Å². The molecule has 29 heavy (non-hydrogen) atoms. The van der Waals surface area contributed by atoms with Crippen molar-refractivity contribution in [1.29, 1.82) is 0 Å². The standard InChI is InChI=1S/C21H35N3O4S/c1-14(2)12-17(23-19(26)28-21(6,7)8)18(25)24-29(22,27)16-11-9-10-15(13-16)20(3,4)5/h9-11,13-14,17H,12H2,1-8H3,(H,23,26)(H2,22,24,25,27)/t17-,29?/m0/s1. The summed E-state index contributed by atoms with van der Waals surface area (Å²) in [6, 6.07) is 5.98. The van der Waals surface area contributed by atoms with Crippen LogP contribution < -0.4 is 10.5 Å². The van der Waals surface area contributed by atoms with Gasteiger partial charge >= 0.3 is 6.09 Å². The van der Waals surface area contributed by atoms with Gasteiger partial charge in [0, 0.05) is 0 Å². The van der Waals surface area contributed by atoms with Crippen LogP contribution in [0.1, 0.15) is 67.4 Å². The molecule has 0 radical (unpaired) electrons. The van der Waals surface area contributed by atoms with Crippen molar-refractivity contribution < 1.29 is 18.5 Å². The molecule has 0 bridgehead atoms. The van der Waals surface area contributed by atoms with E-state index < -0.39 is 33.6 Å². The lowest BCUT2D eigenvalue weighted by Gasteiger charge is -2.23. The van der Waals surface area contributed by atoms with E-state index >= 15 is 0 Å². The van der Waals surface area contributed by atoms with Crippen LogP contribution in [0.5, 0.6) is 0 Å². The predicted octanol–water partition coefficient (Wildman–Crippen LogP) is 4.15. The van der Waals surface area contributed by atoms with E-state index in [1.165, 1.54) is 0 Å². The van der Waals surface area contributed by atoms with Crippen LogP contribution in [-0.2, 0) is 24.9 Å². The Morgan fingerprint density at radius 2 is 1.76 bits per heavy atom. The van der Waals surface area contributed by atoms with Gasteiger partial charge in [-0.15, -0.1) is 4.36 Å². The normalized spacial score (nSPS) is 15.4. The first-order valence-electron chi connectivity index (χ1n) is 9.70. The van der Waals surface area contributed by atoms with E-state index in [1.54, 1.807) is 39.0 Å². The first kappa shape index (κ1) is 25.1. The highest BCUT2D eigenvalue weighted by molar-refractivity contribution is 7.91. The monoisotopic (exact) mass is 425 g/mol. The fourth-order valence-electron chi connectivity index (χ4n) is 2.54. The molecule has 0 saturated carbocycles. The minimum atomic E-state index is -3.46. The Bertz CT molecular complexity index is 857. The van der Waals surface area contributed by atoms with Crippen LogP contribution in [0.15, 0.2) is 33.5 Å². The summed E-state index contributed by atoms with van der Waals surface area (Å²) in [4.78, 5) is 25.1. The molecule has 0 spiro atoms. The Labute approximate surface area is 175 Å². The Hall–Kier alpha value is -1.93. The second-order valence-electron chi connectivity index (χ2n) is 9.60. The summed E-state index contributed by atoms with van der Waals surface area (Å²) in [5, 5.41) is 8.48. The number of rotatable bonds is 5. The van der Waals surface area contributed by atoms with Gasteiger partial charge in [-0.2, -0.15) is 0 Å². The van der Waals surface area contributed by atoms with Crippen molar-refractivity contribution in [2.45, 2.75) is 83.8 Å². The minimum absolute atomic E-state index is 0.0899. The van der Waals surface area contributed by atoms with Gasteiger partial charge < -0.3 is 10.1 Å². The van der Waals surface area contributed by atoms with Crippen molar-refractivity contribution in [2.75, 3.05) is 0 Å². The summed E-state index contributed by atoms with van der Waals surface area (Å²) in [5.74, 6) is -0.648. The number of nitrogens with two attached hydrogens (primary N) is 1. The number of nitrogens with one attached hydrogen (secondary N) is 1. The SMILES string of the molecule is CC(C)C[C@H](NC(=O)OC(C)(C)C)C(=O)N=S(N)(=O)c1cccc(C(C)(C)C)c1. The average Bonchev–Trinajstić information content (AvgIpc) is 2.51. The molecule has 3 N–H and O–H groups in total. The molecule has 0 saturated heterocycles. The Balaban J connectivity index is 3.20. The number of ether oxygens (including phenoxy) is 1. The van der Waals surface area contributed by atoms with E-state index in [9.17, 15) is 13.8 Å². The summed E-state index contributed by atoms with van der Waals surface area (Å²) in [6.45, 7) is 15.1. The fourth-order valence-corrected chi connectivity index (χ4v) is 3.61. The second kappa shape index (κ2) is 9.26. The van der Waals surface area contributed by atoms with Crippen LogP contribution >= 0.6 is 0 Å². The highest BCUT2D eigenvalue weighted by Gasteiger charge is 2.26. The van der Waals surface area contributed by atoms with Gasteiger partial charge in [0.15, 0.2) is 0 Å². The van der Waals surface area contributed by atoms with Crippen molar-refractivity contribution in [3.05, 3.63) is 29.8 Å². The third kappa shape index (κ3) is 8.53. The van der Waals surface area contributed by atoms with Crippen molar-refractivity contribution in [3.63, 3.8) is 0 Å². The zero-order chi connectivity index (χ0) is 22.6. The average molecular weight is 426 g/mol. The maximum absolute atomic E-state index is 13.0. The number of carbonyl (C=O) groups excluding carboxylic acids is 2. The second-order valence-corrected chi connectivity index (χ2v) is 11.4. The molecular formula is C21H35N3O4S. The molecule has 0 aromatic heterocycles. The number of amides is 2. The van der Waals surface area contributed by atoms with Gasteiger partial charge in [0.05, 0.1) is 4.90 Å². The highest BCUT2D eigenvalue weighted by atomic mass is 32.2.